The number of sulfonamides is 1. The predicted octanol–water partition coefficient (Wildman–Crippen LogP) is 2.47. The molecular weight excluding hydrogens is 296 g/mol. The van der Waals surface area contributed by atoms with E-state index in [0.717, 1.165) is 18.7 Å². The molecule has 0 radical (unpaired) electrons. The third-order valence-electron chi connectivity index (χ3n) is 4.95. The number of hydrogen-bond acceptors (Lipinski definition) is 3. The highest BCUT2D eigenvalue weighted by Crippen LogP contribution is 2.24. The second-order valence-electron chi connectivity index (χ2n) is 6.47. The van der Waals surface area contributed by atoms with Crippen molar-refractivity contribution in [2.45, 2.75) is 43.9 Å². The number of hydrogen-bond donors (Lipinski definition) is 0. The van der Waals surface area contributed by atoms with Crippen LogP contribution in [0.1, 0.15) is 37.7 Å². The molecule has 1 aliphatic heterocycles. The fourth-order valence-corrected chi connectivity index (χ4v) is 5.19. The normalized spacial score (nSPS) is 22.7. The van der Waals surface area contributed by atoms with Gasteiger partial charge in [-0.2, -0.15) is 4.31 Å². The highest BCUT2D eigenvalue weighted by molar-refractivity contribution is 7.88. The molecule has 0 N–H and O–H groups in total. The SMILES string of the molecule is O=S(=O)(Cc1ccccc1)N1CCN(C2CCCCC2)CC1. The van der Waals surface area contributed by atoms with Gasteiger partial charge in [-0.25, -0.2) is 8.42 Å². The highest BCUT2D eigenvalue weighted by Gasteiger charge is 2.30. The molecule has 5 heteroatoms. The average molecular weight is 322 g/mol. The molecule has 0 unspecified atom stereocenters. The van der Waals surface area contributed by atoms with E-state index in [0.29, 0.717) is 19.1 Å². The number of benzene rings is 1. The summed E-state index contributed by atoms with van der Waals surface area (Å²) in [5.74, 6) is 0.122. The second kappa shape index (κ2) is 7.11. The molecule has 1 saturated heterocycles. The van der Waals surface area contributed by atoms with Gasteiger partial charge in [0.25, 0.3) is 0 Å². The van der Waals surface area contributed by atoms with E-state index in [1.165, 1.54) is 32.1 Å². The van der Waals surface area contributed by atoms with Gasteiger partial charge < -0.3 is 0 Å². The van der Waals surface area contributed by atoms with Gasteiger partial charge in [0.15, 0.2) is 0 Å². The molecule has 1 aromatic rings. The van der Waals surface area contributed by atoms with Gasteiger partial charge in [-0.15, -0.1) is 0 Å². The minimum Gasteiger partial charge on any atom is -0.298 e. The Balaban J connectivity index is 1.56. The van der Waals surface area contributed by atoms with E-state index in [1.54, 1.807) is 4.31 Å². The van der Waals surface area contributed by atoms with Crippen molar-refractivity contribution in [3.05, 3.63) is 35.9 Å². The van der Waals surface area contributed by atoms with Crippen molar-refractivity contribution in [1.82, 2.24) is 9.21 Å². The van der Waals surface area contributed by atoms with Crippen molar-refractivity contribution in [3.8, 4) is 0 Å². The molecule has 1 saturated carbocycles. The highest BCUT2D eigenvalue weighted by atomic mass is 32.2. The van der Waals surface area contributed by atoms with Crippen LogP contribution < -0.4 is 0 Å². The summed E-state index contributed by atoms with van der Waals surface area (Å²) in [4.78, 5) is 2.51. The van der Waals surface area contributed by atoms with Crippen molar-refractivity contribution in [2.24, 2.45) is 0 Å². The zero-order chi connectivity index (χ0) is 15.4. The number of nitrogens with zero attached hydrogens (tertiary/aromatic N) is 2. The lowest BCUT2D eigenvalue weighted by Crippen LogP contribution is -2.52. The Morgan fingerprint density at radius 2 is 1.55 bits per heavy atom. The van der Waals surface area contributed by atoms with Gasteiger partial charge in [0.2, 0.25) is 10.0 Å². The Bertz CT molecular complexity index is 560. The van der Waals surface area contributed by atoms with Crippen LogP contribution in [0, 0.1) is 0 Å². The van der Waals surface area contributed by atoms with Crippen LogP contribution in [0.5, 0.6) is 0 Å². The van der Waals surface area contributed by atoms with Crippen molar-refractivity contribution in [1.29, 1.82) is 0 Å². The lowest BCUT2D eigenvalue weighted by molar-refractivity contribution is 0.111. The summed E-state index contributed by atoms with van der Waals surface area (Å²) < 4.78 is 26.8. The standard InChI is InChI=1S/C17H26N2O2S/c20-22(21,15-16-7-3-1-4-8-16)19-13-11-18(12-14-19)17-9-5-2-6-10-17/h1,3-4,7-8,17H,2,5-6,9-15H2. The molecule has 0 atom stereocenters. The molecule has 1 aromatic carbocycles. The quantitative estimate of drug-likeness (QED) is 0.855. The molecule has 0 aromatic heterocycles. The van der Waals surface area contributed by atoms with Gasteiger partial charge in [-0.3, -0.25) is 4.90 Å². The first-order chi connectivity index (χ1) is 10.6. The zero-order valence-electron chi connectivity index (χ0n) is 13.2. The Labute approximate surface area is 134 Å². The molecule has 22 heavy (non-hydrogen) atoms. The summed E-state index contributed by atoms with van der Waals surface area (Å²) in [7, 11) is -3.18. The van der Waals surface area contributed by atoms with E-state index in [1.807, 2.05) is 30.3 Å². The van der Waals surface area contributed by atoms with Gasteiger partial charge in [0.05, 0.1) is 5.75 Å². The number of piperazine rings is 1. The van der Waals surface area contributed by atoms with Crippen molar-refractivity contribution >= 4 is 10.0 Å². The van der Waals surface area contributed by atoms with Crippen LogP contribution in [0.4, 0.5) is 0 Å². The van der Waals surface area contributed by atoms with E-state index < -0.39 is 10.0 Å². The van der Waals surface area contributed by atoms with Crippen molar-refractivity contribution in [3.63, 3.8) is 0 Å². The molecular formula is C17H26N2O2S. The Morgan fingerprint density at radius 1 is 0.909 bits per heavy atom. The summed E-state index contributed by atoms with van der Waals surface area (Å²) in [5, 5.41) is 0. The first-order valence-electron chi connectivity index (χ1n) is 8.41. The van der Waals surface area contributed by atoms with Crippen molar-refractivity contribution < 1.29 is 8.42 Å². The van der Waals surface area contributed by atoms with Crippen LogP contribution in [0.2, 0.25) is 0 Å². The molecule has 3 rings (SSSR count). The first kappa shape index (κ1) is 16.0. The van der Waals surface area contributed by atoms with Gasteiger partial charge in [-0.05, 0) is 18.4 Å². The van der Waals surface area contributed by atoms with E-state index >= 15 is 0 Å². The first-order valence-corrected chi connectivity index (χ1v) is 10.0. The van der Waals surface area contributed by atoms with Crippen LogP contribution in [0.3, 0.4) is 0 Å². The van der Waals surface area contributed by atoms with Gasteiger partial charge >= 0.3 is 0 Å². The van der Waals surface area contributed by atoms with Crippen molar-refractivity contribution in [2.75, 3.05) is 26.2 Å². The average Bonchev–Trinajstić information content (AvgIpc) is 2.56. The summed E-state index contributed by atoms with van der Waals surface area (Å²) in [6, 6.07) is 10.2. The molecule has 0 bridgehead atoms. The third-order valence-corrected chi connectivity index (χ3v) is 6.80. The lowest BCUT2D eigenvalue weighted by atomic mass is 9.94. The molecule has 2 fully saturated rings. The van der Waals surface area contributed by atoms with E-state index in [9.17, 15) is 8.42 Å². The second-order valence-corrected chi connectivity index (χ2v) is 8.44. The lowest BCUT2D eigenvalue weighted by Gasteiger charge is -2.40. The summed E-state index contributed by atoms with van der Waals surface area (Å²) >= 11 is 0. The fourth-order valence-electron chi connectivity index (χ4n) is 3.67. The van der Waals surface area contributed by atoms with Gasteiger partial charge in [0, 0.05) is 32.2 Å². The largest absolute Gasteiger partial charge is 0.298 e. The molecule has 2 aliphatic rings. The van der Waals surface area contributed by atoms with Crippen LogP contribution in [-0.4, -0.2) is 49.8 Å². The molecule has 122 valence electrons. The molecule has 4 nitrogen and oxygen atoms in total. The smallest absolute Gasteiger partial charge is 0.218 e. The number of rotatable bonds is 4. The predicted molar refractivity (Wildman–Crippen MR) is 89.1 cm³/mol. The summed E-state index contributed by atoms with van der Waals surface area (Å²) in [5.41, 5.74) is 0.872. The maximum Gasteiger partial charge on any atom is 0.218 e. The van der Waals surface area contributed by atoms with Crippen LogP contribution in [0.25, 0.3) is 0 Å². The Kier molecular flexibility index (Phi) is 5.16. The maximum atomic E-state index is 12.5. The third kappa shape index (κ3) is 3.89. The Morgan fingerprint density at radius 3 is 2.18 bits per heavy atom. The minimum absolute atomic E-state index is 0.122. The van der Waals surface area contributed by atoms with E-state index in [-0.39, 0.29) is 5.75 Å². The van der Waals surface area contributed by atoms with E-state index in [4.69, 9.17) is 0 Å². The minimum atomic E-state index is -3.18. The summed E-state index contributed by atoms with van der Waals surface area (Å²) in [6.07, 6.45) is 6.60. The zero-order valence-corrected chi connectivity index (χ0v) is 14.0. The molecule has 1 heterocycles. The summed E-state index contributed by atoms with van der Waals surface area (Å²) in [6.45, 7) is 3.06. The van der Waals surface area contributed by atoms with Crippen LogP contribution >= 0.6 is 0 Å². The van der Waals surface area contributed by atoms with Gasteiger partial charge in [0.1, 0.15) is 0 Å². The topological polar surface area (TPSA) is 40.6 Å². The van der Waals surface area contributed by atoms with Crippen LogP contribution in [-0.2, 0) is 15.8 Å². The molecule has 1 aliphatic carbocycles. The van der Waals surface area contributed by atoms with Gasteiger partial charge in [-0.1, -0.05) is 49.6 Å². The van der Waals surface area contributed by atoms with E-state index in [2.05, 4.69) is 4.90 Å². The van der Waals surface area contributed by atoms with Crippen LogP contribution in [0.15, 0.2) is 30.3 Å². The Hall–Kier alpha value is -0.910. The fraction of sp³-hybridized carbons (Fsp3) is 0.647. The molecule has 0 amide bonds. The maximum absolute atomic E-state index is 12.5. The monoisotopic (exact) mass is 322 g/mol. The molecule has 0 spiro atoms.